The van der Waals surface area contributed by atoms with Crippen molar-refractivity contribution in [1.29, 1.82) is 0 Å². The highest BCUT2D eigenvalue weighted by Crippen LogP contribution is 2.58. The van der Waals surface area contributed by atoms with Gasteiger partial charge in [-0.3, -0.25) is 18.8 Å². The van der Waals surface area contributed by atoms with Gasteiger partial charge < -0.3 is 9.73 Å². The van der Waals surface area contributed by atoms with Gasteiger partial charge in [0, 0.05) is 53.1 Å². The highest BCUT2D eigenvalue weighted by atomic mass is 32.2. The van der Waals surface area contributed by atoms with Crippen LogP contribution in [0.5, 0.6) is 0 Å². The zero-order valence-electron chi connectivity index (χ0n) is 21.7. The van der Waals surface area contributed by atoms with E-state index in [0.29, 0.717) is 22.7 Å². The Morgan fingerprint density at radius 1 is 1.26 bits per heavy atom. The number of piperidine rings is 1. The zero-order valence-corrected chi connectivity index (χ0v) is 22.5. The van der Waals surface area contributed by atoms with Crippen LogP contribution in [0.1, 0.15) is 76.3 Å². The van der Waals surface area contributed by atoms with Crippen molar-refractivity contribution >= 4 is 38.2 Å². The van der Waals surface area contributed by atoms with Crippen LogP contribution in [0.15, 0.2) is 28.9 Å². The normalized spacial score (nSPS) is 21.5. The van der Waals surface area contributed by atoms with Gasteiger partial charge in [-0.1, -0.05) is 26.7 Å². The summed E-state index contributed by atoms with van der Waals surface area (Å²) in [6.45, 7) is 8.36. The van der Waals surface area contributed by atoms with E-state index in [2.05, 4.69) is 30.0 Å². The quantitative estimate of drug-likeness (QED) is 0.500. The Kier molecular flexibility index (Phi) is 9.16. The van der Waals surface area contributed by atoms with Gasteiger partial charge in [0.2, 0.25) is 0 Å². The predicted octanol–water partition coefficient (Wildman–Crippen LogP) is 4.71. The second-order valence-electron chi connectivity index (χ2n) is 10.3. The van der Waals surface area contributed by atoms with Crippen LogP contribution in [0.25, 0.3) is 11.0 Å². The summed E-state index contributed by atoms with van der Waals surface area (Å²) < 4.78 is 19.0. The maximum atomic E-state index is 12.2. The number of hydrogen-bond acceptors (Lipinski definition) is 5. The maximum absolute atomic E-state index is 12.2. The molecule has 0 radical (unpaired) electrons. The Labute approximate surface area is 210 Å². The first kappa shape index (κ1) is 27.4. The van der Waals surface area contributed by atoms with Crippen LogP contribution in [0.4, 0.5) is 0 Å². The van der Waals surface area contributed by atoms with Crippen molar-refractivity contribution < 1.29 is 18.2 Å². The Morgan fingerprint density at radius 2 is 1.91 bits per heavy atom. The molecule has 0 aromatic carbocycles. The van der Waals surface area contributed by atoms with Crippen molar-refractivity contribution in [2.24, 2.45) is 17.3 Å². The Bertz CT molecular complexity index is 1080. The number of rotatable bonds is 9. The van der Waals surface area contributed by atoms with Crippen LogP contribution in [0.3, 0.4) is 0 Å². The van der Waals surface area contributed by atoms with E-state index < -0.39 is 9.71 Å². The number of hydrogen-bond donors (Lipinski definition) is 1. The average Bonchev–Trinajstić information content (AvgIpc) is 3.30. The zero-order chi connectivity index (χ0) is 25.6. The summed E-state index contributed by atoms with van der Waals surface area (Å²) in [5, 5.41) is 3.96. The van der Waals surface area contributed by atoms with Gasteiger partial charge in [0.25, 0.3) is 5.91 Å². The summed E-state index contributed by atoms with van der Waals surface area (Å²) in [7, 11) is -2.05. The minimum atomic E-state index is -2.05. The number of aromatic nitrogens is 1. The lowest BCUT2D eigenvalue weighted by Gasteiger charge is -2.31. The van der Waals surface area contributed by atoms with Gasteiger partial charge in [-0.2, -0.15) is 0 Å². The standard InChI is InChI=1S/C18H24N2O2.C9H17NO2S/c1-3-6-18(7-4-2)10-14(18)11-20-17(21)15-9-13-5-8-19-12-16(13)22-15;1-8(11)9-4-6-10(7-5-9)13(2,3)12/h5,8-9,12,14H,3-4,6-7,10-11H2,1-2H3,(H,20,21);9H,2,4-7H2,1,3H3. The molecule has 0 spiro atoms. The van der Waals surface area contributed by atoms with Gasteiger partial charge in [-0.15, -0.1) is 0 Å². The highest BCUT2D eigenvalue weighted by molar-refractivity contribution is 7.97. The summed E-state index contributed by atoms with van der Waals surface area (Å²) in [6, 6.07) is 3.63. The summed E-state index contributed by atoms with van der Waals surface area (Å²) >= 11 is 0. The van der Waals surface area contributed by atoms with E-state index in [1.807, 2.05) is 10.4 Å². The summed E-state index contributed by atoms with van der Waals surface area (Å²) in [5.41, 5.74) is 1.14. The number of fused-ring (bicyclic) bond motifs is 1. The maximum Gasteiger partial charge on any atom is 0.287 e. The average molecular weight is 504 g/mol. The second kappa shape index (κ2) is 11.7. The van der Waals surface area contributed by atoms with Gasteiger partial charge in [0.15, 0.2) is 11.3 Å². The van der Waals surface area contributed by atoms with E-state index in [9.17, 15) is 13.8 Å². The molecule has 2 aromatic heterocycles. The number of amides is 1. The molecular weight excluding hydrogens is 462 g/mol. The number of ketones is 1. The van der Waals surface area contributed by atoms with E-state index in [1.165, 1.54) is 32.1 Å². The lowest BCUT2D eigenvalue weighted by atomic mass is 9.92. The van der Waals surface area contributed by atoms with Crippen LogP contribution < -0.4 is 5.32 Å². The third-order valence-electron chi connectivity index (χ3n) is 7.49. The fraction of sp³-hybridized carbons (Fsp3) is 0.630. The molecule has 1 aliphatic heterocycles. The topological polar surface area (TPSA) is 92.5 Å². The Hall–Kier alpha value is -2.19. The van der Waals surface area contributed by atoms with Crippen molar-refractivity contribution in [3.8, 4) is 0 Å². The first-order chi connectivity index (χ1) is 16.6. The SMILES string of the molecule is C=S(C)(=O)N1CCC(C(C)=O)CC1.CCCC1(CCC)CC1CNC(=O)c1cc2ccncc2o1. The van der Waals surface area contributed by atoms with Crippen LogP contribution in [-0.4, -0.2) is 56.9 Å². The smallest absolute Gasteiger partial charge is 0.287 e. The minimum Gasteiger partial charge on any atom is -0.449 e. The molecule has 35 heavy (non-hydrogen) atoms. The molecule has 1 N–H and O–H groups in total. The van der Waals surface area contributed by atoms with Crippen LogP contribution in [-0.2, 0) is 14.5 Å². The van der Waals surface area contributed by atoms with Gasteiger partial charge in [0.05, 0.1) is 6.20 Å². The van der Waals surface area contributed by atoms with Crippen molar-refractivity contribution in [2.75, 3.05) is 25.9 Å². The van der Waals surface area contributed by atoms with Crippen LogP contribution in [0, 0.1) is 17.3 Å². The molecule has 1 amide bonds. The number of nitrogens with zero attached hydrogens (tertiary/aromatic N) is 2. The Morgan fingerprint density at radius 3 is 2.46 bits per heavy atom. The molecule has 7 nitrogen and oxygen atoms in total. The first-order valence-corrected chi connectivity index (χ1v) is 14.9. The highest BCUT2D eigenvalue weighted by Gasteiger charge is 2.51. The molecule has 3 heterocycles. The van der Waals surface area contributed by atoms with Crippen molar-refractivity contribution in [1.82, 2.24) is 14.6 Å². The van der Waals surface area contributed by atoms with E-state index >= 15 is 0 Å². The van der Waals surface area contributed by atoms with Crippen molar-refractivity contribution in [3.63, 3.8) is 0 Å². The third-order valence-corrected chi connectivity index (χ3v) is 8.94. The molecule has 2 aromatic rings. The monoisotopic (exact) mass is 503 g/mol. The summed E-state index contributed by atoms with van der Waals surface area (Å²) in [6.07, 6.45) is 12.9. The molecule has 2 fully saturated rings. The van der Waals surface area contributed by atoms with Gasteiger partial charge >= 0.3 is 0 Å². The van der Waals surface area contributed by atoms with Crippen LogP contribution in [0.2, 0.25) is 0 Å². The van der Waals surface area contributed by atoms with E-state index in [-0.39, 0.29) is 17.6 Å². The minimum absolute atomic E-state index is 0.120. The molecule has 4 rings (SSSR count). The molecule has 194 valence electrons. The van der Waals surface area contributed by atoms with Gasteiger partial charge in [0.1, 0.15) is 5.78 Å². The largest absolute Gasteiger partial charge is 0.449 e. The number of pyridine rings is 1. The fourth-order valence-electron chi connectivity index (χ4n) is 5.40. The lowest BCUT2D eigenvalue weighted by molar-refractivity contribution is -0.121. The number of Topliss-reactive ketones (excluding diaryl/α,β-unsaturated/α-hetero) is 1. The van der Waals surface area contributed by atoms with E-state index in [4.69, 9.17) is 4.42 Å². The second-order valence-corrected chi connectivity index (χ2v) is 12.7. The van der Waals surface area contributed by atoms with Crippen molar-refractivity contribution in [2.45, 2.75) is 65.7 Å². The van der Waals surface area contributed by atoms with Gasteiger partial charge in [-0.05, 0) is 68.4 Å². The molecule has 0 bridgehead atoms. The summed E-state index contributed by atoms with van der Waals surface area (Å²) in [5.74, 6) is 4.95. The molecule has 2 unspecified atom stereocenters. The number of carbonyl (C=O) groups is 2. The molecule has 1 aliphatic carbocycles. The van der Waals surface area contributed by atoms with E-state index in [1.54, 1.807) is 31.6 Å². The van der Waals surface area contributed by atoms with E-state index in [0.717, 1.165) is 37.9 Å². The third kappa shape index (κ3) is 7.17. The molecule has 1 saturated carbocycles. The number of nitrogens with one attached hydrogen (secondary N) is 1. The molecule has 2 atom stereocenters. The fourth-order valence-corrected chi connectivity index (χ4v) is 6.38. The first-order valence-electron chi connectivity index (χ1n) is 12.8. The molecular formula is C27H41N3O4S. The van der Waals surface area contributed by atoms with Gasteiger partial charge in [-0.25, -0.2) is 4.31 Å². The predicted molar refractivity (Wildman–Crippen MR) is 143 cm³/mol. The lowest BCUT2D eigenvalue weighted by Crippen LogP contribution is -2.39. The molecule has 1 saturated heterocycles. The van der Waals surface area contributed by atoms with Crippen LogP contribution >= 0.6 is 0 Å². The molecule has 8 heteroatoms. The Balaban J connectivity index is 0.000000225. The molecule has 2 aliphatic rings. The summed E-state index contributed by atoms with van der Waals surface area (Å²) in [4.78, 5) is 27.3. The number of carbonyl (C=O) groups excluding carboxylic acids is 2. The van der Waals surface area contributed by atoms with Crippen molar-refractivity contribution in [3.05, 3.63) is 30.3 Å². The number of furan rings is 1.